The predicted octanol–water partition coefficient (Wildman–Crippen LogP) is 4.60. The van der Waals surface area contributed by atoms with Crippen LogP contribution in [0.5, 0.6) is 5.75 Å². The molecule has 1 aliphatic rings. The number of nitrogen functional groups attached to an aromatic ring is 1. The van der Waals surface area contributed by atoms with Crippen LogP contribution in [0.2, 0.25) is 0 Å². The van der Waals surface area contributed by atoms with E-state index in [4.69, 9.17) is 10.5 Å². The maximum Gasteiger partial charge on any atom is 0.258 e. The van der Waals surface area contributed by atoms with Gasteiger partial charge in [0.2, 0.25) is 0 Å². The van der Waals surface area contributed by atoms with E-state index in [-0.39, 0.29) is 5.91 Å². The molecule has 0 atom stereocenters. The number of ether oxygens (including phenoxy) is 1. The van der Waals surface area contributed by atoms with Crippen LogP contribution >= 0.6 is 0 Å². The van der Waals surface area contributed by atoms with Crippen LogP contribution in [0.15, 0.2) is 72.8 Å². The molecule has 3 aromatic rings. The molecule has 5 nitrogen and oxygen atoms in total. The maximum absolute atomic E-state index is 12.8. The van der Waals surface area contributed by atoms with Crippen molar-refractivity contribution in [1.29, 1.82) is 0 Å². The Kier molecular flexibility index (Phi) is 4.72. The standard InChI is InChI=1S/C23H21N3O2/c1-2-28-18-11-9-17(10-12-18)25-22(15-6-4-3-5-7-15)21-19-14-16(24)8-13-20(19)26-23(21)27/h3-14,25H,2,24H2,1H3,(H,26,27). The number of hydrogen-bond donors (Lipinski definition) is 3. The summed E-state index contributed by atoms with van der Waals surface area (Å²) < 4.78 is 5.51. The van der Waals surface area contributed by atoms with E-state index < -0.39 is 0 Å². The number of nitrogens with one attached hydrogen (secondary N) is 2. The average Bonchev–Trinajstić information content (AvgIpc) is 3.03. The van der Waals surface area contributed by atoms with Crippen molar-refractivity contribution in [2.45, 2.75) is 6.92 Å². The van der Waals surface area contributed by atoms with Crippen molar-refractivity contribution in [2.75, 3.05) is 23.0 Å². The summed E-state index contributed by atoms with van der Waals surface area (Å²) in [6.07, 6.45) is 0. The van der Waals surface area contributed by atoms with Crippen molar-refractivity contribution < 1.29 is 9.53 Å². The molecule has 0 saturated heterocycles. The van der Waals surface area contributed by atoms with Gasteiger partial charge < -0.3 is 21.1 Å². The van der Waals surface area contributed by atoms with Crippen LogP contribution in [0.1, 0.15) is 18.1 Å². The molecule has 28 heavy (non-hydrogen) atoms. The van der Waals surface area contributed by atoms with Crippen molar-refractivity contribution >= 4 is 34.2 Å². The summed E-state index contributed by atoms with van der Waals surface area (Å²) in [6, 6.07) is 22.9. The molecule has 4 N–H and O–H groups in total. The van der Waals surface area contributed by atoms with Gasteiger partial charge in [0.05, 0.1) is 17.9 Å². The summed E-state index contributed by atoms with van der Waals surface area (Å²) in [7, 11) is 0. The average molecular weight is 371 g/mol. The van der Waals surface area contributed by atoms with Gasteiger partial charge in [0.25, 0.3) is 5.91 Å². The molecule has 4 rings (SSSR count). The minimum absolute atomic E-state index is 0.155. The number of rotatable bonds is 5. The lowest BCUT2D eigenvalue weighted by atomic mass is 9.99. The Morgan fingerprint density at radius 2 is 1.79 bits per heavy atom. The first-order valence-electron chi connectivity index (χ1n) is 9.16. The number of nitrogens with two attached hydrogens (primary N) is 1. The molecule has 0 aliphatic carbocycles. The second kappa shape index (κ2) is 7.48. The zero-order chi connectivity index (χ0) is 19.5. The van der Waals surface area contributed by atoms with Crippen LogP contribution in [0, 0.1) is 0 Å². The molecule has 0 bridgehead atoms. The minimum atomic E-state index is -0.155. The smallest absolute Gasteiger partial charge is 0.258 e. The van der Waals surface area contributed by atoms with Crippen molar-refractivity contribution in [1.82, 2.24) is 0 Å². The largest absolute Gasteiger partial charge is 0.494 e. The van der Waals surface area contributed by atoms with Crippen molar-refractivity contribution in [3.8, 4) is 5.75 Å². The fourth-order valence-electron chi connectivity index (χ4n) is 3.26. The highest BCUT2D eigenvalue weighted by Gasteiger charge is 2.28. The predicted molar refractivity (Wildman–Crippen MR) is 114 cm³/mol. The minimum Gasteiger partial charge on any atom is -0.494 e. The summed E-state index contributed by atoms with van der Waals surface area (Å²) in [5, 5.41) is 6.34. The third-order valence-corrected chi connectivity index (χ3v) is 4.54. The van der Waals surface area contributed by atoms with Gasteiger partial charge in [0, 0.05) is 22.6 Å². The summed E-state index contributed by atoms with van der Waals surface area (Å²) in [6.45, 7) is 2.57. The fraction of sp³-hybridized carbons (Fsp3) is 0.0870. The first-order chi connectivity index (χ1) is 13.7. The number of benzene rings is 3. The monoisotopic (exact) mass is 371 g/mol. The lowest BCUT2D eigenvalue weighted by Gasteiger charge is -2.15. The van der Waals surface area contributed by atoms with E-state index >= 15 is 0 Å². The molecule has 1 aliphatic heterocycles. The second-order valence-electron chi connectivity index (χ2n) is 6.46. The number of carbonyl (C=O) groups excluding carboxylic acids is 1. The molecule has 1 heterocycles. The van der Waals surface area contributed by atoms with E-state index in [0.717, 1.165) is 33.9 Å². The third-order valence-electron chi connectivity index (χ3n) is 4.54. The van der Waals surface area contributed by atoms with Crippen LogP contribution in [0.4, 0.5) is 17.1 Å². The summed E-state index contributed by atoms with van der Waals surface area (Å²) >= 11 is 0. The van der Waals surface area contributed by atoms with Gasteiger partial charge in [-0.05, 0) is 55.0 Å². The van der Waals surface area contributed by atoms with E-state index in [1.807, 2.05) is 73.7 Å². The molecule has 0 fully saturated rings. The lowest BCUT2D eigenvalue weighted by Crippen LogP contribution is -2.10. The first kappa shape index (κ1) is 17.7. The van der Waals surface area contributed by atoms with Crippen LogP contribution in [-0.2, 0) is 4.79 Å². The van der Waals surface area contributed by atoms with Gasteiger partial charge in [-0.2, -0.15) is 0 Å². The van der Waals surface area contributed by atoms with Crippen molar-refractivity contribution in [3.63, 3.8) is 0 Å². The fourth-order valence-corrected chi connectivity index (χ4v) is 3.26. The van der Waals surface area contributed by atoms with Crippen molar-refractivity contribution in [2.24, 2.45) is 0 Å². The summed E-state index contributed by atoms with van der Waals surface area (Å²) in [5.74, 6) is 0.650. The molecular weight excluding hydrogens is 350 g/mol. The van der Waals surface area contributed by atoms with E-state index in [2.05, 4.69) is 10.6 Å². The van der Waals surface area contributed by atoms with Gasteiger partial charge in [0.15, 0.2) is 0 Å². The zero-order valence-corrected chi connectivity index (χ0v) is 15.5. The van der Waals surface area contributed by atoms with Gasteiger partial charge in [-0.1, -0.05) is 30.3 Å². The van der Waals surface area contributed by atoms with Gasteiger partial charge in [0.1, 0.15) is 5.75 Å². The quantitative estimate of drug-likeness (QED) is 0.452. The van der Waals surface area contributed by atoms with Gasteiger partial charge in [-0.3, -0.25) is 4.79 Å². The molecule has 0 aromatic heterocycles. The molecule has 0 saturated carbocycles. The Bertz CT molecular complexity index is 1040. The van der Waals surface area contributed by atoms with Crippen LogP contribution in [0.3, 0.4) is 0 Å². The van der Waals surface area contributed by atoms with E-state index in [1.54, 1.807) is 6.07 Å². The molecule has 0 unspecified atom stereocenters. The second-order valence-corrected chi connectivity index (χ2v) is 6.46. The Labute approximate surface area is 163 Å². The van der Waals surface area contributed by atoms with Crippen LogP contribution in [-0.4, -0.2) is 12.5 Å². The molecular formula is C23H21N3O2. The first-order valence-corrected chi connectivity index (χ1v) is 9.16. The Hall–Kier alpha value is -3.73. The van der Waals surface area contributed by atoms with Gasteiger partial charge >= 0.3 is 0 Å². The topological polar surface area (TPSA) is 76.4 Å². The highest BCUT2D eigenvalue weighted by atomic mass is 16.5. The normalized spacial score (nSPS) is 14.2. The van der Waals surface area contributed by atoms with E-state index in [0.29, 0.717) is 17.9 Å². The SMILES string of the molecule is CCOc1ccc(NC(=C2C(=O)Nc3ccc(N)cc32)c2ccccc2)cc1. The number of carbonyl (C=O) groups is 1. The Morgan fingerprint density at radius 3 is 2.50 bits per heavy atom. The summed E-state index contributed by atoms with van der Waals surface area (Å²) in [5.41, 5.74) is 11.2. The van der Waals surface area contributed by atoms with E-state index in [9.17, 15) is 4.79 Å². The number of fused-ring (bicyclic) bond motifs is 1. The zero-order valence-electron chi connectivity index (χ0n) is 15.5. The van der Waals surface area contributed by atoms with Gasteiger partial charge in [-0.15, -0.1) is 0 Å². The number of hydrogen-bond acceptors (Lipinski definition) is 4. The third kappa shape index (κ3) is 3.42. The van der Waals surface area contributed by atoms with Crippen LogP contribution in [0.25, 0.3) is 11.3 Å². The lowest BCUT2D eigenvalue weighted by molar-refractivity contribution is -0.110. The molecule has 140 valence electrons. The van der Waals surface area contributed by atoms with Gasteiger partial charge in [-0.25, -0.2) is 0 Å². The molecule has 0 radical (unpaired) electrons. The highest BCUT2D eigenvalue weighted by Crippen LogP contribution is 2.38. The number of amides is 1. The highest BCUT2D eigenvalue weighted by molar-refractivity contribution is 6.37. The molecule has 5 heteroatoms. The maximum atomic E-state index is 12.8. The Balaban J connectivity index is 1.82. The van der Waals surface area contributed by atoms with E-state index in [1.165, 1.54) is 0 Å². The number of anilines is 3. The molecule has 3 aromatic carbocycles. The molecule has 0 spiro atoms. The van der Waals surface area contributed by atoms with Crippen molar-refractivity contribution in [3.05, 3.63) is 83.9 Å². The summed E-state index contributed by atoms with van der Waals surface area (Å²) in [4.78, 5) is 12.8. The molecule has 1 amide bonds. The Morgan fingerprint density at radius 1 is 1.04 bits per heavy atom. The van der Waals surface area contributed by atoms with Crippen LogP contribution < -0.4 is 21.1 Å².